The normalized spacial score (nSPS) is 28.5. The molecule has 3 heterocycles. The summed E-state index contributed by atoms with van der Waals surface area (Å²) in [7, 11) is -3.42. The van der Waals surface area contributed by atoms with Gasteiger partial charge in [0.2, 0.25) is 7.44 Å². The summed E-state index contributed by atoms with van der Waals surface area (Å²) in [5.74, 6) is -0.219. The first kappa shape index (κ1) is 27.2. The Morgan fingerprint density at radius 2 is 2.00 bits per heavy atom. The Bertz CT molecular complexity index is 1270. The lowest BCUT2D eigenvalue weighted by Gasteiger charge is -2.59. The molecule has 0 bridgehead atoms. The highest BCUT2D eigenvalue weighted by atomic mass is 31.2. The van der Waals surface area contributed by atoms with E-state index in [-0.39, 0.29) is 18.6 Å². The number of fused-ring (bicyclic) bond motifs is 1. The highest BCUT2D eigenvalue weighted by Crippen LogP contribution is 2.63. The minimum Gasteiger partial charge on any atom is -0.460 e. The number of imidazole rings is 1. The van der Waals surface area contributed by atoms with E-state index in [0.29, 0.717) is 35.2 Å². The number of ether oxygens (including phenoxy) is 2. The Hall–Kier alpha value is -2.40. The molecule has 0 radical (unpaired) electrons. The van der Waals surface area contributed by atoms with Gasteiger partial charge < -0.3 is 24.6 Å². The molecule has 12 nitrogen and oxygen atoms in total. The van der Waals surface area contributed by atoms with Crippen LogP contribution < -0.4 is 10.8 Å². The maximum atomic E-state index is 14.0. The van der Waals surface area contributed by atoms with Gasteiger partial charge in [-0.1, -0.05) is 19.3 Å². The molecule has 3 aliphatic rings. The van der Waals surface area contributed by atoms with Gasteiger partial charge in [0.15, 0.2) is 17.1 Å². The van der Waals surface area contributed by atoms with Crippen molar-refractivity contribution in [3.63, 3.8) is 0 Å². The van der Waals surface area contributed by atoms with Crippen LogP contribution in [-0.4, -0.2) is 66.2 Å². The molecule has 2 aliphatic carbocycles. The number of hydrogen-bond acceptors (Lipinski definition) is 9. The van der Waals surface area contributed by atoms with Gasteiger partial charge in [-0.25, -0.2) is 24.8 Å². The van der Waals surface area contributed by atoms with Crippen molar-refractivity contribution in [1.29, 1.82) is 0 Å². The molecule has 2 saturated carbocycles. The van der Waals surface area contributed by atoms with E-state index in [1.807, 2.05) is 6.92 Å². The standard InChI is InChI=1S/C25H38N7O5P/c1-17(12-31-15-29-19-20(26)27-14-28-21(19)31)36-16-38(35)30-24(4,32(38)23(2,3)13-33)22(34)37-18-10-25(11-18)8-6-5-7-9-25/h13-15,17-18H,5-12,16H2,1-4H3,(H,30,35)(H2,26,27,28). The molecule has 1 aliphatic heterocycles. The van der Waals surface area contributed by atoms with Crippen LogP contribution in [0, 0.1) is 5.41 Å². The molecule has 3 N–H and O–H groups in total. The van der Waals surface area contributed by atoms with Crippen LogP contribution in [0.2, 0.25) is 0 Å². The van der Waals surface area contributed by atoms with Crippen LogP contribution in [0.4, 0.5) is 5.82 Å². The van der Waals surface area contributed by atoms with Crippen LogP contribution >= 0.6 is 7.44 Å². The number of esters is 1. The Labute approximate surface area is 222 Å². The number of nitrogens with one attached hydrogen (secondary N) is 1. The Morgan fingerprint density at radius 3 is 2.68 bits per heavy atom. The molecule has 1 spiro atoms. The molecule has 3 unspecified atom stereocenters. The summed E-state index contributed by atoms with van der Waals surface area (Å²) < 4.78 is 29.1. The summed E-state index contributed by atoms with van der Waals surface area (Å²) in [6.45, 7) is 7.13. The summed E-state index contributed by atoms with van der Waals surface area (Å²) in [6, 6.07) is 0. The number of aldehydes is 1. The van der Waals surface area contributed by atoms with Crippen LogP contribution in [0.5, 0.6) is 0 Å². The van der Waals surface area contributed by atoms with E-state index < -0.39 is 24.6 Å². The number of hydrogen-bond donors (Lipinski definition) is 2. The number of carbonyl (C=O) groups excluding carboxylic acids is 2. The lowest BCUT2D eigenvalue weighted by molar-refractivity contribution is -0.181. The molecule has 1 saturated heterocycles. The molecule has 38 heavy (non-hydrogen) atoms. The molecule has 208 valence electrons. The second-order valence-corrected chi connectivity index (χ2v) is 14.2. The zero-order valence-electron chi connectivity index (χ0n) is 22.6. The molecule has 2 aromatic heterocycles. The van der Waals surface area contributed by atoms with E-state index in [0.717, 1.165) is 12.8 Å². The summed E-state index contributed by atoms with van der Waals surface area (Å²) in [4.78, 5) is 37.8. The largest absolute Gasteiger partial charge is 0.460 e. The van der Waals surface area contributed by atoms with Gasteiger partial charge in [0.1, 0.15) is 30.6 Å². The average molecular weight is 548 g/mol. The van der Waals surface area contributed by atoms with Gasteiger partial charge >= 0.3 is 5.97 Å². The van der Waals surface area contributed by atoms with E-state index in [1.54, 1.807) is 31.7 Å². The molecule has 5 rings (SSSR count). The number of nitrogen functional groups attached to an aromatic ring is 1. The molecule has 2 aromatic rings. The van der Waals surface area contributed by atoms with Crippen molar-refractivity contribution in [2.45, 2.75) is 103 Å². The first-order valence-electron chi connectivity index (χ1n) is 13.3. The monoisotopic (exact) mass is 547 g/mol. The maximum Gasteiger partial charge on any atom is 0.342 e. The topological polar surface area (TPSA) is 155 Å². The quantitative estimate of drug-likeness (QED) is 0.270. The lowest BCUT2D eigenvalue weighted by atomic mass is 9.59. The van der Waals surface area contributed by atoms with Crippen molar-refractivity contribution >= 4 is 36.7 Å². The Kier molecular flexibility index (Phi) is 6.91. The fraction of sp³-hybridized carbons (Fsp3) is 0.720. The molecule has 3 atom stereocenters. The molecule has 13 heteroatoms. The Morgan fingerprint density at radius 1 is 1.29 bits per heavy atom. The molecular weight excluding hydrogens is 509 g/mol. The number of aromatic nitrogens is 4. The average Bonchev–Trinajstić information content (AvgIpc) is 3.25. The second-order valence-electron chi connectivity index (χ2n) is 11.9. The maximum absolute atomic E-state index is 14.0. The number of rotatable bonds is 9. The molecule has 0 amide bonds. The molecular formula is C25H38N7O5P. The third-order valence-electron chi connectivity index (χ3n) is 8.30. The summed E-state index contributed by atoms with van der Waals surface area (Å²) in [5, 5.41) is 2.97. The van der Waals surface area contributed by atoms with Gasteiger partial charge in [0.25, 0.3) is 0 Å². The van der Waals surface area contributed by atoms with Crippen molar-refractivity contribution in [1.82, 2.24) is 29.3 Å². The van der Waals surface area contributed by atoms with Crippen molar-refractivity contribution in [3.8, 4) is 0 Å². The third kappa shape index (κ3) is 4.65. The van der Waals surface area contributed by atoms with Crippen molar-refractivity contribution < 1.29 is 23.6 Å². The van der Waals surface area contributed by atoms with E-state index in [1.165, 1.54) is 43.1 Å². The first-order chi connectivity index (χ1) is 17.9. The van der Waals surface area contributed by atoms with E-state index in [9.17, 15) is 14.2 Å². The van der Waals surface area contributed by atoms with E-state index in [2.05, 4.69) is 20.0 Å². The van der Waals surface area contributed by atoms with Crippen LogP contribution in [0.3, 0.4) is 0 Å². The fourth-order valence-corrected chi connectivity index (χ4v) is 9.66. The van der Waals surface area contributed by atoms with Crippen LogP contribution in [-0.2, 0) is 30.2 Å². The summed E-state index contributed by atoms with van der Waals surface area (Å²) in [5.41, 5.74) is 4.69. The van der Waals surface area contributed by atoms with E-state index in [4.69, 9.17) is 15.2 Å². The minimum atomic E-state index is -3.42. The van der Waals surface area contributed by atoms with Gasteiger partial charge in [0, 0.05) is 0 Å². The summed E-state index contributed by atoms with van der Waals surface area (Å²) in [6.07, 6.45) is 10.9. The fourth-order valence-electron chi connectivity index (χ4n) is 6.54. The van der Waals surface area contributed by atoms with Crippen LogP contribution in [0.15, 0.2) is 12.7 Å². The predicted molar refractivity (Wildman–Crippen MR) is 141 cm³/mol. The second kappa shape index (κ2) is 9.66. The van der Waals surface area contributed by atoms with Crippen LogP contribution in [0.1, 0.15) is 72.6 Å². The van der Waals surface area contributed by atoms with Gasteiger partial charge in [-0.15, -0.1) is 0 Å². The van der Waals surface area contributed by atoms with Gasteiger partial charge in [-0.05, 0) is 58.8 Å². The lowest BCUT2D eigenvalue weighted by Crippen LogP contribution is -2.76. The molecule has 3 fully saturated rings. The van der Waals surface area contributed by atoms with Crippen molar-refractivity contribution in [2.24, 2.45) is 5.41 Å². The zero-order valence-corrected chi connectivity index (χ0v) is 23.4. The van der Waals surface area contributed by atoms with Crippen LogP contribution in [0.25, 0.3) is 11.2 Å². The number of carbonyl (C=O) groups is 2. The highest BCUT2D eigenvalue weighted by molar-refractivity contribution is 7.61. The SMILES string of the molecule is CC(Cn1cnc2c(N)ncnc21)OCP1(=O)NC(C)(C(=O)OC2CC3(CCCCC3)C2)N1C(C)(C)C=O. The van der Waals surface area contributed by atoms with E-state index >= 15 is 0 Å². The molecule has 0 aromatic carbocycles. The van der Waals surface area contributed by atoms with Gasteiger partial charge in [-0.3, -0.25) is 4.57 Å². The number of anilines is 1. The van der Waals surface area contributed by atoms with Gasteiger partial charge in [0.05, 0.1) is 24.5 Å². The predicted octanol–water partition coefficient (Wildman–Crippen LogP) is 3.22. The Balaban J connectivity index is 1.23. The number of nitrogens with two attached hydrogens (primary N) is 1. The van der Waals surface area contributed by atoms with Crippen molar-refractivity contribution in [3.05, 3.63) is 12.7 Å². The van der Waals surface area contributed by atoms with Gasteiger partial charge in [-0.2, -0.15) is 4.67 Å². The number of nitrogens with zero attached hydrogens (tertiary/aromatic N) is 5. The first-order valence-corrected chi connectivity index (χ1v) is 15.2. The summed E-state index contributed by atoms with van der Waals surface area (Å²) >= 11 is 0. The minimum absolute atomic E-state index is 0.139. The smallest absolute Gasteiger partial charge is 0.342 e. The third-order valence-corrected chi connectivity index (χ3v) is 11.1. The highest BCUT2D eigenvalue weighted by Gasteiger charge is 2.67. The zero-order chi connectivity index (χ0) is 27.3. The van der Waals surface area contributed by atoms with Crippen molar-refractivity contribution in [2.75, 3.05) is 12.1 Å².